The van der Waals surface area contributed by atoms with Gasteiger partial charge in [-0.3, -0.25) is 4.79 Å². The molecule has 0 saturated heterocycles. The predicted molar refractivity (Wildman–Crippen MR) is 117 cm³/mol. The second-order valence-electron chi connectivity index (χ2n) is 6.89. The van der Waals surface area contributed by atoms with Crippen molar-refractivity contribution in [1.82, 2.24) is 0 Å². The van der Waals surface area contributed by atoms with Crippen LogP contribution in [-0.2, 0) is 27.9 Å². The van der Waals surface area contributed by atoms with Crippen LogP contribution in [0, 0.1) is 6.92 Å². The molecular weight excluding hydrogens is 392 g/mol. The highest BCUT2D eigenvalue weighted by Gasteiger charge is 2.15. The number of benzene rings is 1. The Labute approximate surface area is 180 Å². The molecule has 1 aromatic rings. The Hall–Kier alpha value is -1.12. The molecule has 0 saturated carbocycles. The summed E-state index contributed by atoms with van der Waals surface area (Å²) in [6, 6.07) is 8.18. The monoisotopic (exact) mass is 430 g/mol. The summed E-state index contributed by atoms with van der Waals surface area (Å²) in [5, 5.41) is 0. The van der Waals surface area contributed by atoms with Gasteiger partial charge in [-0.2, -0.15) is 0 Å². The van der Waals surface area contributed by atoms with Crippen LogP contribution in [0.25, 0.3) is 0 Å². The van der Waals surface area contributed by atoms with Gasteiger partial charge in [0.25, 0.3) is 0 Å². The Morgan fingerprint density at radius 2 is 1.31 bits per heavy atom. The van der Waals surface area contributed by atoms with Gasteiger partial charge in [-0.25, -0.2) is 0 Å². The Balaban J connectivity index is 0.00000379. The van der Waals surface area contributed by atoms with Gasteiger partial charge in [0.05, 0.1) is 52.7 Å². The van der Waals surface area contributed by atoms with Crippen LogP contribution in [0.4, 0.5) is 0 Å². The van der Waals surface area contributed by atoms with Crippen LogP contribution in [0.1, 0.15) is 46.6 Å². The standard InChI is InChI=1S/C20H32O6S.C2H6/c1-17-5-7-18(8-6-17)27-25-16-15-24-14-13-23-12-11-22-10-9-19(21)26-20(2,3)4;1-2/h5-8H,9-16H2,1-4H3;1-2H3. The lowest BCUT2D eigenvalue weighted by atomic mass is 10.2. The van der Waals surface area contributed by atoms with E-state index in [0.29, 0.717) is 46.2 Å². The summed E-state index contributed by atoms with van der Waals surface area (Å²) in [5.74, 6) is -0.250. The second kappa shape index (κ2) is 17.7. The molecule has 0 N–H and O–H groups in total. The molecule has 0 aromatic heterocycles. The van der Waals surface area contributed by atoms with Crippen molar-refractivity contribution in [3.8, 4) is 0 Å². The molecule has 0 aliphatic carbocycles. The Morgan fingerprint density at radius 3 is 1.83 bits per heavy atom. The highest BCUT2D eigenvalue weighted by Crippen LogP contribution is 2.18. The molecule has 0 aliphatic heterocycles. The van der Waals surface area contributed by atoms with E-state index in [0.717, 1.165) is 4.90 Å². The van der Waals surface area contributed by atoms with Crippen LogP contribution in [0.5, 0.6) is 0 Å². The van der Waals surface area contributed by atoms with E-state index in [4.69, 9.17) is 23.1 Å². The highest BCUT2D eigenvalue weighted by molar-refractivity contribution is 7.94. The van der Waals surface area contributed by atoms with Gasteiger partial charge >= 0.3 is 5.97 Å². The molecular formula is C22H38O6S. The summed E-state index contributed by atoms with van der Waals surface area (Å²) < 4.78 is 26.8. The van der Waals surface area contributed by atoms with Gasteiger partial charge < -0.3 is 23.1 Å². The van der Waals surface area contributed by atoms with E-state index in [1.807, 2.05) is 46.8 Å². The number of hydrogen-bond acceptors (Lipinski definition) is 7. The third-order valence-electron chi connectivity index (χ3n) is 3.10. The van der Waals surface area contributed by atoms with E-state index < -0.39 is 5.60 Å². The summed E-state index contributed by atoms with van der Waals surface area (Å²) in [7, 11) is 0. The molecule has 1 aromatic carbocycles. The van der Waals surface area contributed by atoms with E-state index in [9.17, 15) is 4.79 Å². The van der Waals surface area contributed by atoms with Crippen molar-refractivity contribution in [2.75, 3.05) is 46.2 Å². The quantitative estimate of drug-likeness (QED) is 0.238. The first-order chi connectivity index (χ1) is 13.9. The smallest absolute Gasteiger partial charge is 0.308 e. The fraction of sp³-hybridized carbons (Fsp3) is 0.682. The van der Waals surface area contributed by atoms with E-state index in [1.165, 1.54) is 17.6 Å². The van der Waals surface area contributed by atoms with E-state index >= 15 is 0 Å². The van der Waals surface area contributed by atoms with Crippen LogP contribution in [0.3, 0.4) is 0 Å². The molecule has 7 heteroatoms. The summed E-state index contributed by atoms with van der Waals surface area (Å²) in [5.41, 5.74) is 0.779. The van der Waals surface area contributed by atoms with Crippen LogP contribution >= 0.6 is 12.0 Å². The van der Waals surface area contributed by atoms with Crippen molar-refractivity contribution in [2.45, 2.75) is 58.5 Å². The zero-order valence-corrected chi connectivity index (χ0v) is 19.6. The first kappa shape index (κ1) is 27.9. The molecule has 0 spiro atoms. The molecule has 0 heterocycles. The summed E-state index contributed by atoms with van der Waals surface area (Å²) in [6.07, 6.45) is 0.251. The molecule has 0 atom stereocenters. The van der Waals surface area contributed by atoms with Crippen LogP contribution in [0.15, 0.2) is 29.2 Å². The Morgan fingerprint density at radius 1 is 0.828 bits per heavy atom. The molecule has 0 unspecified atom stereocenters. The molecule has 0 aliphatic rings. The van der Waals surface area contributed by atoms with Gasteiger partial charge in [-0.15, -0.1) is 0 Å². The van der Waals surface area contributed by atoms with Crippen molar-refractivity contribution >= 4 is 18.0 Å². The minimum atomic E-state index is -0.454. The summed E-state index contributed by atoms with van der Waals surface area (Å²) >= 11 is 1.35. The van der Waals surface area contributed by atoms with E-state index in [1.54, 1.807) is 0 Å². The molecule has 0 fully saturated rings. The SMILES string of the molecule is CC.Cc1ccc(SOCCOCCOCCOCCC(=O)OC(C)(C)C)cc1. The molecule has 0 bridgehead atoms. The topological polar surface area (TPSA) is 63.2 Å². The maximum Gasteiger partial charge on any atom is 0.308 e. The maximum absolute atomic E-state index is 11.5. The molecule has 0 radical (unpaired) electrons. The zero-order valence-electron chi connectivity index (χ0n) is 18.8. The average Bonchev–Trinajstić information content (AvgIpc) is 2.67. The fourth-order valence-corrected chi connectivity index (χ4v) is 2.42. The maximum atomic E-state index is 11.5. The molecule has 168 valence electrons. The van der Waals surface area contributed by atoms with Gasteiger partial charge in [-0.1, -0.05) is 31.5 Å². The number of aryl methyl sites for hydroxylation is 1. The van der Waals surface area contributed by atoms with Gasteiger partial charge in [0.2, 0.25) is 0 Å². The molecule has 6 nitrogen and oxygen atoms in total. The first-order valence-electron chi connectivity index (χ1n) is 10.2. The number of esters is 1. The Kier molecular flexibility index (Phi) is 17.0. The predicted octanol–water partition coefficient (Wildman–Crippen LogP) is 4.83. The Bertz CT molecular complexity index is 513. The molecule has 29 heavy (non-hydrogen) atoms. The number of ether oxygens (including phenoxy) is 4. The largest absolute Gasteiger partial charge is 0.460 e. The van der Waals surface area contributed by atoms with Crippen molar-refractivity contribution in [2.24, 2.45) is 0 Å². The average molecular weight is 431 g/mol. The number of hydrogen-bond donors (Lipinski definition) is 0. The van der Waals surface area contributed by atoms with Crippen molar-refractivity contribution in [3.63, 3.8) is 0 Å². The minimum absolute atomic E-state index is 0.250. The third-order valence-corrected chi connectivity index (χ3v) is 3.85. The summed E-state index contributed by atoms with van der Waals surface area (Å²) in [6.45, 7) is 14.9. The fourth-order valence-electron chi connectivity index (χ4n) is 1.89. The minimum Gasteiger partial charge on any atom is -0.460 e. The molecule has 0 amide bonds. The van der Waals surface area contributed by atoms with Gasteiger partial charge in [0, 0.05) is 16.9 Å². The van der Waals surface area contributed by atoms with Crippen LogP contribution < -0.4 is 0 Å². The van der Waals surface area contributed by atoms with Gasteiger partial charge in [-0.05, 0) is 39.8 Å². The van der Waals surface area contributed by atoms with Gasteiger partial charge in [0.1, 0.15) is 5.60 Å². The van der Waals surface area contributed by atoms with E-state index in [-0.39, 0.29) is 12.4 Å². The number of rotatable bonds is 14. The van der Waals surface area contributed by atoms with Crippen LogP contribution in [-0.4, -0.2) is 57.8 Å². The number of carbonyl (C=O) groups is 1. The van der Waals surface area contributed by atoms with Gasteiger partial charge in [0.15, 0.2) is 0 Å². The normalized spacial score (nSPS) is 11.0. The number of carbonyl (C=O) groups excluding carboxylic acids is 1. The van der Waals surface area contributed by atoms with E-state index in [2.05, 4.69) is 19.1 Å². The van der Waals surface area contributed by atoms with Crippen LogP contribution in [0.2, 0.25) is 0 Å². The zero-order chi connectivity index (χ0) is 22.0. The summed E-state index contributed by atoms with van der Waals surface area (Å²) in [4.78, 5) is 12.6. The highest BCUT2D eigenvalue weighted by atomic mass is 32.2. The first-order valence-corrected chi connectivity index (χ1v) is 10.9. The third kappa shape index (κ3) is 18.6. The van der Waals surface area contributed by atoms with Crippen molar-refractivity contribution in [1.29, 1.82) is 0 Å². The molecule has 1 rings (SSSR count). The van der Waals surface area contributed by atoms with Crippen molar-refractivity contribution in [3.05, 3.63) is 29.8 Å². The lowest BCUT2D eigenvalue weighted by Crippen LogP contribution is -2.24. The lowest BCUT2D eigenvalue weighted by Gasteiger charge is -2.19. The van der Waals surface area contributed by atoms with Crippen molar-refractivity contribution < 1.29 is 27.9 Å². The second-order valence-corrected chi connectivity index (χ2v) is 7.77. The lowest BCUT2D eigenvalue weighted by molar-refractivity contribution is -0.156.